The summed E-state index contributed by atoms with van der Waals surface area (Å²) in [7, 11) is 0. The van der Waals surface area contributed by atoms with Gasteiger partial charge in [-0.2, -0.15) is 0 Å². The van der Waals surface area contributed by atoms with E-state index in [-0.39, 0.29) is 22.7 Å². The highest BCUT2D eigenvalue weighted by molar-refractivity contribution is 7.20. The summed E-state index contributed by atoms with van der Waals surface area (Å²) >= 11 is 1.16. The van der Waals surface area contributed by atoms with Crippen LogP contribution >= 0.6 is 11.3 Å². The number of thiophene rings is 1. The molecule has 0 aromatic carbocycles. The second-order valence-corrected chi connectivity index (χ2v) is 6.78. The molecule has 1 fully saturated rings. The molecule has 0 aliphatic heterocycles. The number of aryl methyl sites for hydroxylation is 1. The van der Waals surface area contributed by atoms with Crippen LogP contribution in [0.5, 0.6) is 0 Å². The third kappa shape index (κ3) is 1.63. The quantitative estimate of drug-likeness (QED) is 0.852. The second kappa shape index (κ2) is 3.66. The number of H-pyrrole nitrogens is 1. The van der Waals surface area contributed by atoms with Gasteiger partial charge in [-0.15, -0.1) is 11.3 Å². The lowest BCUT2D eigenvalue weighted by atomic mass is 10.2. The largest absolute Gasteiger partial charge is 0.329 e. The zero-order chi connectivity index (χ0) is 13.9. The van der Waals surface area contributed by atoms with Crippen molar-refractivity contribution in [2.45, 2.75) is 33.2 Å². The van der Waals surface area contributed by atoms with Gasteiger partial charge in [0.25, 0.3) is 5.56 Å². The number of aromatic nitrogens is 2. The molecule has 2 aromatic rings. The minimum Gasteiger partial charge on any atom is -0.298 e. The van der Waals surface area contributed by atoms with Gasteiger partial charge in [-0.1, -0.05) is 13.8 Å². The number of carbonyl (C=O) groups excluding carboxylic acids is 1. The third-order valence-electron chi connectivity index (χ3n) is 3.94. The van der Waals surface area contributed by atoms with E-state index in [1.54, 1.807) is 6.92 Å². The van der Waals surface area contributed by atoms with E-state index in [1.807, 2.05) is 13.8 Å². The van der Waals surface area contributed by atoms with Crippen molar-refractivity contribution in [2.75, 3.05) is 0 Å². The molecule has 1 unspecified atom stereocenters. The molecule has 1 saturated carbocycles. The Hall–Kier alpha value is -1.69. The first-order valence-corrected chi connectivity index (χ1v) is 6.91. The molecule has 2 heterocycles. The SMILES string of the molecule is Cc1c(C=O)sc2[nH]c(=O)n(C3CC3(C)C)c(=O)c12. The molecule has 0 spiro atoms. The highest BCUT2D eigenvalue weighted by atomic mass is 32.1. The Bertz CT molecular complexity index is 810. The van der Waals surface area contributed by atoms with Gasteiger partial charge in [0.05, 0.1) is 10.3 Å². The lowest BCUT2D eigenvalue weighted by molar-refractivity contribution is 0.112. The first-order chi connectivity index (χ1) is 8.86. The Morgan fingerprint density at radius 2 is 2.05 bits per heavy atom. The number of carbonyl (C=O) groups is 1. The minimum atomic E-state index is -0.383. The first-order valence-electron chi connectivity index (χ1n) is 6.10. The van der Waals surface area contributed by atoms with Gasteiger partial charge >= 0.3 is 5.69 Å². The van der Waals surface area contributed by atoms with Gasteiger partial charge in [-0.3, -0.25) is 19.1 Å². The van der Waals surface area contributed by atoms with E-state index < -0.39 is 0 Å². The van der Waals surface area contributed by atoms with Gasteiger partial charge in [-0.25, -0.2) is 4.79 Å². The number of rotatable bonds is 2. The van der Waals surface area contributed by atoms with Gasteiger partial charge in [-0.05, 0) is 24.3 Å². The zero-order valence-electron chi connectivity index (χ0n) is 10.9. The standard InChI is InChI=1S/C13H14N2O3S/c1-6-7(5-16)19-10-9(6)11(17)15(12(18)14-10)8-4-13(8,2)3/h5,8H,4H2,1-3H3,(H,14,18). The number of hydrogen-bond acceptors (Lipinski definition) is 4. The normalized spacial score (nSPS) is 20.7. The van der Waals surface area contributed by atoms with Crippen LogP contribution < -0.4 is 11.2 Å². The van der Waals surface area contributed by atoms with Gasteiger partial charge in [0, 0.05) is 6.04 Å². The molecule has 1 N–H and O–H groups in total. The molecule has 5 nitrogen and oxygen atoms in total. The summed E-state index contributed by atoms with van der Waals surface area (Å²) in [5.41, 5.74) is -0.0199. The van der Waals surface area contributed by atoms with Crippen LogP contribution in [0, 0.1) is 12.3 Å². The van der Waals surface area contributed by atoms with Gasteiger partial charge in [0.15, 0.2) is 6.29 Å². The van der Waals surface area contributed by atoms with Crippen LogP contribution in [0.25, 0.3) is 10.2 Å². The van der Waals surface area contributed by atoms with Gasteiger partial charge in [0.1, 0.15) is 4.83 Å². The number of nitrogens with one attached hydrogen (secondary N) is 1. The monoisotopic (exact) mass is 278 g/mol. The molecular formula is C13H14N2O3S. The van der Waals surface area contributed by atoms with E-state index in [2.05, 4.69) is 4.98 Å². The average Bonchev–Trinajstić information content (AvgIpc) is 2.80. The molecule has 19 heavy (non-hydrogen) atoms. The van der Waals surface area contributed by atoms with Crippen LogP contribution in [0.1, 0.15) is 41.5 Å². The second-order valence-electron chi connectivity index (χ2n) is 5.73. The van der Waals surface area contributed by atoms with E-state index in [9.17, 15) is 14.4 Å². The summed E-state index contributed by atoms with van der Waals surface area (Å²) < 4.78 is 1.30. The maximum absolute atomic E-state index is 12.5. The minimum absolute atomic E-state index is 0.0120. The summed E-state index contributed by atoms with van der Waals surface area (Å²) in [6, 6.07) is -0.0490. The molecule has 1 aliphatic carbocycles. The summed E-state index contributed by atoms with van der Waals surface area (Å²) in [6.07, 6.45) is 1.55. The van der Waals surface area contributed by atoms with Crippen molar-refractivity contribution >= 4 is 27.8 Å². The molecule has 1 atom stereocenters. The van der Waals surface area contributed by atoms with Crippen molar-refractivity contribution in [3.8, 4) is 0 Å². The number of hydrogen-bond donors (Lipinski definition) is 1. The predicted molar refractivity (Wildman–Crippen MR) is 74.3 cm³/mol. The molecule has 0 radical (unpaired) electrons. The average molecular weight is 278 g/mol. The van der Waals surface area contributed by atoms with Crippen LogP contribution in [0.15, 0.2) is 9.59 Å². The first kappa shape index (κ1) is 12.3. The van der Waals surface area contributed by atoms with Crippen molar-refractivity contribution in [1.29, 1.82) is 0 Å². The number of aldehydes is 1. The highest BCUT2D eigenvalue weighted by Crippen LogP contribution is 2.54. The predicted octanol–water partition coefficient (Wildman–Crippen LogP) is 1.84. The summed E-state index contributed by atoms with van der Waals surface area (Å²) in [5, 5.41) is 0.467. The summed E-state index contributed by atoms with van der Waals surface area (Å²) in [4.78, 5) is 39.2. The highest BCUT2D eigenvalue weighted by Gasteiger charge is 2.48. The lowest BCUT2D eigenvalue weighted by Crippen LogP contribution is -2.35. The number of fused-ring (bicyclic) bond motifs is 1. The van der Waals surface area contributed by atoms with Crippen molar-refractivity contribution < 1.29 is 4.79 Å². The van der Waals surface area contributed by atoms with Crippen LogP contribution in [-0.2, 0) is 0 Å². The Morgan fingerprint density at radius 3 is 2.58 bits per heavy atom. The molecule has 2 aromatic heterocycles. The van der Waals surface area contributed by atoms with Crippen LogP contribution in [0.3, 0.4) is 0 Å². The van der Waals surface area contributed by atoms with Crippen LogP contribution in [0.4, 0.5) is 0 Å². The van der Waals surface area contributed by atoms with Gasteiger partial charge < -0.3 is 0 Å². The molecule has 100 valence electrons. The Labute approximate surface area is 112 Å². The Balaban J connectivity index is 2.37. The molecule has 0 amide bonds. The smallest absolute Gasteiger partial charge is 0.298 e. The lowest BCUT2D eigenvalue weighted by Gasteiger charge is -2.06. The molecule has 1 aliphatic rings. The van der Waals surface area contributed by atoms with E-state index >= 15 is 0 Å². The molecular weight excluding hydrogens is 264 g/mol. The van der Waals surface area contributed by atoms with E-state index in [1.165, 1.54) is 4.57 Å². The molecule has 0 bridgehead atoms. The van der Waals surface area contributed by atoms with Gasteiger partial charge in [0.2, 0.25) is 0 Å². The topological polar surface area (TPSA) is 71.9 Å². The van der Waals surface area contributed by atoms with E-state index in [0.29, 0.717) is 20.7 Å². The fraction of sp³-hybridized carbons (Fsp3) is 0.462. The summed E-state index contributed by atoms with van der Waals surface area (Å²) in [5.74, 6) is 0. The fourth-order valence-corrected chi connectivity index (χ4v) is 3.53. The number of nitrogens with zero attached hydrogens (tertiary/aromatic N) is 1. The summed E-state index contributed by atoms with van der Waals surface area (Å²) in [6.45, 7) is 5.81. The van der Waals surface area contributed by atoms with Crippen molar-refractivity contribution in [3.63, 3.8) is 0 Å². The Morgan fingerprint density at radius 1 is 1.42 bits per heavy atom. The maximum atomic E-state index is 12.5. The fourth-order valence-electron chi connectivity index (χ4n) is 2.52. The molecule has 6 heteroatoms. The van der Waals surface area contributed by atoms with Crippen LogP contribution in [0.2, 0.25) is 0 Å². The van der Waals surface area contributed by atoms with Crippen molar-refractivity contribution in [2.24, 2.45) is 5.41 Å². The molecule has 3 rings (SSSR count). The third-order valence-corrected chi connectivity index (χ3v) is 5.07. The number of aromatic amines is 1. The van der Waals surface area contributed by atoms with Crippen molar-refractivity contribution in [3.05, 3.63) is 31.3 Å². The van der Waals surface area contributed by atoms with Crippen LogP contribution in [-0.4, -0.2) is 15.8 Å². The van der Waals surface area contributed by atoms with Crippen molar-refractivity contribution in [1.82, 2.24) is 9.55 Å². The Kier molecular flexibility index (Phi) is 2.38. The van der Waals surface area contributed by atoms with E-state index in [4.69, 9.17) is 0 Å². The maximum Gasteiger partial charge on any atom is 0.329 e. The molecule has 0 saturated heterocycles. The van der Waals surface area contributed by atoms with E-state index in [0.717, 1.165) is 24.0 Å². The zero-order valence-corrected chi connectivity index (χ0v) is 11.8.